The molecule has 0 spiro atoms. The predicted octanol–water partition coefficient (Wildman–Crippen LogP) is 3.44. The fraction of sp³-hybridized carbons (Fsp3) is 0.455. The van der Waals surface area contributed by atoms with Gasteiger partial charge < -0.3 is 24.6 Å². The van der Waals surface area contributed by atoms with Crippen LogP contribution in [-0.2, 0) is 0 Å². The third-order valence-corrected chi connectivity index (χ3v) is 5.26. The number of para-hydroxylation sites is 2. The topological polar surface area (TPSA) is 62.2 Å². The van der Waals surface area contributed by atoms with Gasteiger partial charge in [0.05, 0.1) is 13.2 Å². The van der Waals surface area contributed by atoms with Crippen molar-refractivity contribution < 1.29 is 24.1 Å². The highest BCUT2D eigenvalue weighted by Crippen LogP contribution is 2.31. The molecule has 0 radical (unpaired) electrons. The molecule has 2 aromatic carbocycles. The molecule has 0 aromatic heterocycles. The molecule has 0 aliphatic carbocycles. The molecule has 2 N–H and O–H groups in total. The van der Waals surface area contributed by atoms with Gasteiger partial charge in [-0.15, -0.1) is 12.4 Å². The first kappa shape index (κ1) is 23.4. The number of aliphatic hydroxyl groups is 2. The van der Waals surface area contributed by atoms with Gasteiger partial charge in [0.25, 0.3) is 0 Å². The number of hydrogen-bond donors (Lipinski definition) is 2. The first-order chi connectivity index (χ1) is 13.6. The third kappa shape index (κ3) is 6.57. The predicted molar refractivity (Wildman–Crippen MR) is 112 cm³/mol. The van der Waals surface area contributed by atoms with Crippen molar-refractivity contribution in [3.8, 4) is 11.5 Å². The van der Waals surface area contributed by atoms with Gasteiger partial charge in [-0.2, -0.15) is 0 Å². The van der Waals surface area contributed by atoms with E-state index in [4.69, 9.17) is 9.47 Å². The average Bonchev–Trinajstić information content (AvgIpc) is 2.73. The lowest BCUT2D eigenvalue weighted by Crippen LogP contribution is -2.41. The molecule has 1 saturated heterocycles. The molecule has 2 unspecified atom stereocenters. The minimum absolute atomic E-state index is 0. The number of rotatable bonds is 8. The Labute approximate surface area is 177 Å². The van der Waals surface area contributed by atoms with Gasteiger partial charge in [0.15, 0.2) is 11.5 Å². The number of methoxy groups -OCH3 is 1. The summed E-state index contributed by atoms with van der Waals surface area (Å²) in [6, 6.07) is 13.4. The number of ether oxygens (including phenoxy) is 2. The molecular weight excluding hydrogens is 397 g/mol. The van der Waals surface area contributed by atoms with Crippen LogP contribution in [0.3, 0.4) is 0 Å². The zero-order valence-electron chi connectivity index (χ0n) is 16.5. The normalized spacial score (nSPS) is 17.2. The zero-order chi connectivity index (χ0) is 19.9. The number of β-amino-alcohol motifs (C(OH)–C–C–N with tert-alkyl or cyclic N) is 1. The van der Waals surface area contributed by atoms with E-state index in [0.717, 1.165) is 31.5 Å². The van der Waals surface area contributed by atoms with Crippen molar-refractivity contribution in [1.29, 1.82) is 0 Å². The highest BCUT2D eigenvalue weighted by molar-refractivity contribution is 5.85. The van der Waals surface area contributed by atoms with E-state index < -0.39 is 12.2 Å². The highest BCUT2D eigenvalue weighted by Gasteiger charge is 2.27. The molecular formula is C22H29ClFNO4. The maximum absolute atomic E-state index is 13.0. The molecule has 29 heavy (non-hydrogen) atoms. The molecule has 1 heterocycles. The Morgan fingerprint density at radius 1 is 1.03 bits per heavy atom. The van der Waals surface area contributed by atoms with E-state index in [9.17, 15) is 14.6 Å². The number of halogens is 2. The van der Waals surface area contributed by atoms with Crippen molar-refractivity contribution in [3.05, 3.63) is 59.9 Å². The standard InChI is InChI=1S/C22H28FNO4.ClH/c1-27-20-4-2-3-5-21(20)28-15-19(25)14-24-12-10-17(11-13-24)22(26)16-6-8-18(23)9-7-16;/h2-9,17,19,22,25-26H,10-15H2,1H3;1H. The first-order valence-electron chi connectivity index (χ1n) is 9.66. The van der Waals surface area contributed by atoms with Crippen LogP contribution in [0.1, 0.15) is 24.5 Å². The molecule has 5 nitrogen and oxygen atoms in total. The Morgan fingerprint density at radius 3 is 2.28 bits per heavy atom. The van der Waals surface area contributed by atoms with Gasteiger partial charge in [0.1, 0.15) is 18.5 Å². The lowest BCUT2D eigenvalue weighted by Gasteiger charge is -2.35. The number of benzene rings is 2. The molecule has 2 atom stereocenters. The highest BCUT2D eigenvalue weighted by atomic mass is 35.5. The molecule has 1 fully saturated rings. The van der Waals surface area contributed by atoms with Crippen molar-refractivity contribution >= 4 is 12.4 Å². The third-order valence-electron chi connectivity index (χ3n) is 5.26. The molecule has 7 heteroatoms. The van der Waals surface area contributed by atoms with Crippen molar-refractivity contribution in [1.82, 2.24) is 4.90 Å². The number of piperidine rings is 1. The largest absolute Gasteiger partial charge is 0.493 e. The zero-order valence-corrected chi connectivity index (χ0v) is 17.4. The van der Waals surface area contributed by atoms with Gasteiger partial charge in [0.2, 0.25) is 0 Å². The van der Waals surface area contributed by atoms with Crippen LogP contribution in [0.15, 0.2) is 48.5 Å². The summed E-state index contributed by atoms with van der Waals surface area (Å²) in [4.78, 5) is 2.18. The van der Waals surface area contributed by atoms with Crippen LogP contribution in [0.2, 0.25) is 0 Å². The summed E-state index contributed by atoms with van der Waals surface area (Å²) in [5, 5.41) is 20.9. The maximum Gasteiger partial charge on any atom is 0.161 e. The van der Waals surface area contributed by atoms with Crippen molar-refractivity contribution in [3.63, 3.8) is 0 Å². The van der Waals surface area contributed by atoms with Gasteiger partial charge in [-0.05, 0) is 61.7 Å². The summed E-state index contributed by atoms with van der Waals surface area (Å²) in [6.07, 6.45) is 0.474. The molecule has 0 bridgehead atoms. The number of aliphatic hydroxyl groups excluding tert-OH is 2. The van der Waals surface area contributed by atoms with Crippen molar-refractivity contribution in [2.45, 2.75) is 25.0 Å². The minimum atomic E-state index is -0.608. The summed E-state index contributed by atoms with van der Waals surface area (Å²) in [5.74, 6) is 1.11. The second-order valence-electron chi connectivity index (χ2n) is 7.25. The van der Waals surface area contributed by atoms with Gasteiger partial charge in [-0.25, -0.2) is 4.39 Å². The summed E-state index contributed by atoms with van der Waals surface area (Å²) < 4.78 is 24.0. The smallest absolute Gasteiger partial charge is 0.161 e. The van der Waals surface area contributed by atoms with Crippen LogP contribution in [-0.4, -0.2) is 54.6 Å². The fourth-order valence-electron chi connectivity index (χ4n) is 3.66. The van der Waals surface area contributed by atoms with Crippen LogP contribution in [0.5, 0.6) is 11.5 Å². The Hall–Kier alpha value is -1.86. The van der Waals surface area contributed by atoms with E-state index in [1.807, 2.05) is 24.3 Å². The van der Waals surface area contributed by atoms with Crippen LogP contribution in [0, 0.1) is 11.7 Å². The van der Waals surface area contributed by atoms with Crippen LogP contribution < -0.4 is 9.47 Å². The van der Waals surface area contributed by atoms with Gasteiger partial charge in [-0.3, -0.25) is 0 Å². The van der Waals surface area contributed by atoms with Gasteiger partial charge >= 0.3 is 0 Å². The van der Waals surface area contributed by atoms with Crippen LogP contribution in [0.4, 0.5) is 4.39 Å². The van der Waals surface area contributed by atoms with Gasteiger partial charge in [0, 0.05) is 6.54 Å². The summed E-state index contributed by atoms with van der Waals surface area (Å²) >= 11 is 0. The Balaban J connectivity index is 0.00000300. The lowest BCUT2D eigenvalue weighted by molar-refractivity contribution is 0.0275. The van der Waals surface area contributed by atoms with Crippen molar-refractivity contribution in [2.24, 2.45) is 5.92 Å². The van der Waals surface area contributed by atoms with E-state index in [2.05, 4.69) is 4.90 Å². The van der Waals surface area contributed by atoms with E-state index >= 15 is 0 Å². The first-order valence-corrected chi connectivity index (χ1v) is 9.66. The Bertz CT molecular complexity index is 738. The number of likely N-dealkylation sites (tertiary alicyclic amines) is 1. The molecule has 2 aromatic rings. The molecule has 0 saturated carbocycles. The van der Waals surface area contributed by atoms with E-state index in [1.165, 1.54) is 12.1 Å². The molecule has 160 valence electrons. The van der Waals surface area contributed by atoms with Crippen LogP contribution >= 0.6 is 12.4 Å². The average molecular weight is 426 g/mol. The van der Waals surface area contributed by atoms with Gasteiger partial charge in [-0.1, -0.05) is 24.3 Å². The Kier molecular flexibility index (Phi) is 9.17. The molecule has 3 rings (SSSR count). The Morgan fingerprint density at radius 2 is 1.66 bits per heavy atom. The van der Waals surface area contributed by atoms with E-state index in [0.29, 0.717) is 18.0 Å². The number of nitrogens with zero attached hydrogens (tertiary/aromatic N) is 1. The fourth-order valence-corrected chi connectivity index (χ4v) is 3.66. The lowest BCUT2D eigenvalue weighted by atomic mass is 9.87. The summed E-state index contributed by atoms with van der Waals surface area (Å²) in [7, 11) is 1.59. The summed E-state index contributed by atoms with van der Waals surface area (Å²) in [5.41, 5.74) is 0.755. The minimum Gasteiger partial charge on any atom is -0.493 e. The summed E-state index contributed by atoms with van der Waals surface area (Å²) in [6.45, 7) is 2.32. The SMILES string of the molecule is COc1ccccc1OCC(O)CN1CCC(C(O)c2ccc(F)cc2)CC1.Cl. The van der Waals surface area contributed by atoms with Crippen molar-refractivity contribution in [2.75, 3.05) is 33.4 Å². The van der Waals surface area contributed by atoms with Crippen LogP contribution in [0.25, 0.3) is 0 Å². The second-order valence-corrected chi connectivity index (χ2v) is 7.25. The quantitative estimate of drug-likeness (QED) is 0.678. The van der Waals surface area contributed by atoms with E-state index in [1.54, 1.807) is 19.2 Å². The maximum atomic E-state index is 13.0. The monoisotopic (exact) mass is 425 g/mol. The number of hydrogen-bond acceptors (Lipinski definition) is 5. The molecule has 0 amide bonds. The molecule has 1 aliphatic rings. The molecule has 1 aliphatic heterocycles. The van der Waals surface area contributed by atoms with E-state index in [-0.39, 0.29) is 30.7 Å². The second kappa shape index (κ2) is 11.4.